The summed E-state index contributed by atoms with van der Waals surface area (Å²) >= 11 is 8.42. The number of esters is 1. The molecule has 7 heteroatoms. The van der Waals surface area contributed by atoms with Crippen LogP contribution in [0.3, 0.4) is 0 Å². The second-order valence-corrected chi connectivity index (χ2v) is 8.86. The van der Waals surface area contributed by atoms with E-state index in [1.807, 2.05) is 43.3 Å². The molecule has 3 aromatic carbocycles. The Labute approximate surface area is 211 Å². The van der Waals surface area contributed by atoms with Crippen molar-refractivity contribution in [1.29, 1.82) is 0 Å². The molecule has 4 rings (SSSR count). The van der Waals surface area contributed by atoms with E-state index in [1.54, 1.807) is 24.3 Å². The molecule has 3 aromatic rings. The van der Waals surface area contributed by atoms with Crippen molar-refractivity contribution in [3.8, 4) is 11.5 Å². The van der Waals surface area contributed by atoms with Crippen LogP contribution in [0.5, 0.6) is 11.5 Å². The third-order valence-corrected chi connectivity index (χ3v) is 6.12. The lowest BCUT2D eigenvalue weighted by Gasteiger charge is -2.15. The smallest absolute Gasteiger partial charge is 0.363 e. The molecule has 168 valence electrons. The molecule has 0 saturated carbocycles. The number of nitrogens with zero attached hydrogens (tertiary/aromatic N) is 1. The monoisotopic (exact) mass is 573 g/mol. The summed E-state index contributed by atoms with van der Waals surface area (Å²) < 4.78 is 18.2. The highest BCUT2D eigenvalue weighted by Gasteiger charge is 2.25. The number of carbonyl (C=O) groups excluding carboxylic acids is 1. The third-order valence-electron chi connectivity index (χ3n) is 4.99. The number of halogens is 2. The van der Waals surface area contributed by atoms with Gasteiger partial charge in [-0.05, 0) is 83.5 Å². The lowest BCUT2D eigenvalue weighted by molar-refractivity contribution is -0.129. The average molecular weight is 574 g/mol. The van der Waals surface area contributed by atoms with Crippen LogP contribution in [0.2, 0.25) is 5.02 Å². The van der Waals surface area contributed by atoms with Gasteiger partial charge in [0.1, 0.15) is 6.61 Å². The Morgan fingerprint density at radius 2 is 1.85 bits per heavy atom. The van der Waals surface area contributed by atoms with Crippen molar-refractivity contribution in [2.24, 2.45) is 4.99 Å². The van der Waals surface area contributed by atoms with Gasteiger partial charge >= 0.3 is 5.97 Å². The van der Waals surface area contributed by atoms with Gasteiger partial charge in [0.2, 0.25) is 5.90 Å². The quantitative estimate of drug-likeness (QED) is 0.182. The molecule has 0 aromatic heterocycles. The van der Waals surface area contributed by atoms with Gasteiger partial charge < -0.3 is 14.2 Å². The molecule has 0 aliphatic carbocycles. The topological polar surface area (TPSA) is 57.1 Å². The maximum Gasteiger partial charge on any atom is 0.363 e. The number of aryl methyl sites for hydroxylation is 1. The van der Waals surface area contributed by atoms with Crippen molar-refractivity contribution in [1.82, 2.24) is 0 Å². The van der Waals surface area contributed by atoms with Crippen molar-refractivity contribution < 1.29 is 19.0 Å². The molecule has 5 nitrogen and oxygen atoms in total. The van der Waals surface area contributed by atoms with Crippen molar-refractivity contribution >= 4 is 52.1 Å². The van der Waals surface area contributed by atoms with E-state index in [9.17, 15) is 4.79 Å². The fourth-order valence-electron chi connectivity index (χ4n) is 3.31. The number of cyclic esters (lactones) is 1. The predicted octanol–water partition coefficient (Wildman–Crippen LogP) is 6.58. The number of hydrogen-bond acceptors (Lipinski definition) is 5. The summed E-state index contributed by atoms with van der Waals surface area (Å²) in [6, 6.07) is 18.9. The molecule has 0 unspecified atom stereocenters. The van der Waals surface area contributed by atoms with Crippen LogP contribution in [0.1, 0.15) is 29.2 Å². The molecule has 0 radical (unpaired) electrons. The summed E-state index contributed by atoms with van der Waals surface area (Å²) in [6.45, 7) is 4.88. The Morgan fingerprint density at radius 3 is 2.61 bits per heavy atom. The summed E-state index contributed by atoms with van der Waals surface area (Å²) in [5.41, 5.74) is 3.79. The highest BCUT2D eigenvalue weighted by atomic mass is 127. The zero-order chi connectivity index (χ0) is 23.4. The Bertz CT molecular complexity index is 1270. The molecular formula is C26H21ClINO4. The van der Waals surface area contributed by atoms with Crippen LogP contribution >= 0.6 is 34.2 Å². The first-order chi connectivity index (χ1) is 16.0. The number of aliphatic imine (C=N–C) groups is 1. The Balaban J connectivity index is 1.63. The van der Waals surface area contributed by atoms with Crippen LogP contribution < -0.4 is 9.47 Å². The van der Waals surface area contributed by atoms with Gasteiger partial charge in [0.25, 0.3) is 0 Å². The normalized spacial score (nSPS) is 14.2. The summed E-state index contributed by atoms with van der Waals surface area (Å²) in [5.74, 6) is 0.927. The summed E-state index contributed by atoms with van der Waals surface area (Å²) in [5, 5.41) is 0.466. The lowest BCUT2D eigenvalue weighted by atomic mass is 10.1. The number of benzene rings is 3. The van der Waals surface area contributed by atoms with E-state index in [-0.39, 0.29) is 11.6 Å². The Morgan fingerprint density at radius 1 is 1.09 bits per heavy atom. The Kier molecular flexibility index (Phi) is 7.35. The second-order valence-electron chi connectivity index (χ2n) is 7.29. The third kappa shape index (κ3) is 5.39. The molecule has 0 amide bonds. The van der Waals surface area contributed by atoms with Crippen molar-refractivity contribution in [3.05, 3.63) is 97.2 Å². The maximum absolute atomic E-state index is 12.4. The fraction of sp³-hybridized carbons (Fsp3) is 0.154. The van der Waals surface area contributed by atoms with Crippen molar-refractivity contribution in [3.63, 3.8) is 0 Å². The molecule has 1 aliphatic rings. The number of hydrogen-bond donors (Lipinski definition) is 0. The van der Waals surface area contributed by atoms with Gasteiger partial charge in [-0.3, -0.25) is 0 Å². The van der Waals surface area contributed by atoms with Gasteiger partial charge in [0.15, 0.2) is 17.2 Å². The Hall–Kier alpha value is -2.84. The summed E-state index contributed by atoms with van der Waals surface area (Å²) in [6.07, 6.45) is 1.67. The number of carbonyl (C=O) groups is 1. The zero-order valence-corrected chi connectivity index (χ0v) is 21.0. The van der Waals surface area contributed by atoms with Crippen LogP contribution in [-0.4, -0.2) is 18.5 Å². The molecule has 1 heterocycles. The lowest BCUT2D eigenvalue weighted by Crippen LogP contribution is -2.05. The summed E-state index contributed by atoms with van der Waals surface area (Å²) in [4.78, 5) is 16.8. The van der Waals surface area contributed by atoms with Gasteiger partial charge in [0, 0.05) is 0 Å². The van der Waals surface area contributed by atoms with E-state index in [1.165, 1.54) is 5.56 Å². The van der Waals surface area contributed by atoms with Crippen LogP contribution in [0.4, 0.5) is 0 Å². The molecule has 0 bridgehead atoms. The molecule has 0 spiro atoms. The molecular weight excluding hydrogens is 553 g/mol. The minimum absolute atomic E-state index is 0.190. The molecule has 0 saturated heterocycles. The average Bonchev–Trinajstić information content (AvgIpc) is 3.14. The van der Waals surface area contributed by atoms with Crippen LogP contribution in [-0.2, 0) is 16.1 Å². The SMILES string of the molecule is CCOc1cc(/C=C2\N=C(c3ccccc3Cl)OC2=O)cc(I)c1OCc1ccccc1C. The van der Waals surface area contributed by atoms with E-state index >= 15 is 0 Å². The van der Waals surface area contributed by atoms with Crippen molar-refractivity contribution in [2.45, 2.75) is 20.5 Å². The minimum atomic E-state index is -0.530. The number of ether oxygens (including phenoxy) is 3. The standard InChI is InChI=1S/C26H21ClINO4/c1-3-31-23-14-17(12-21(28)24(23)32-15-18-9-5-4-8-16(18)2)13-22-26(30)33-25(29-22)19-10-6-7-11-20(19)27/h4-14H,3,15H2,1-2H3/b22-13-. The highest BCUT2D eigenvalue weighted by Crippen LogP contribution is 2.36. The second kappa shape index (κ2) is 10.4. The molecule has 1 aliphatic heterocycles. The van der Waals surface area contributed by atoms with Gasteiger partial charge in [0.05, 0.1) is 20.8 Å². The van der Waals surface area contributed by atoms with Crippen molar-refractivity contribution in [2.75, 3.05) is 6.61 Å². The first kappa shape index (κ1) is 23.3. The van der Waals surface area contributed by atoms with Gasteiger partial charge in [-0.1, -0.05) is 48.0 Å². The minimum Gasteiger partial charge on any atom is -0.490 e. The van der Waals surface area contributed by atoms with E-state index in [2.05, 4.69) is 40.6 Å². The molecule has 33 heavy (non-hydrogen) atoms. The summed E-state index contributed by atoms with van der Waals surface area (Å²) in [7, 11) is 0. The molecule has 0 atom stereocenters. The zero-order valence-electron chi connectivity index (χ0n) is 18.1. The molecule has 0 fully saturated rings. The van der Waals surface area contributed by atoms with Crippen LogP contribution in [0, 0.1) is 10.5 Å². The van der Waals surface area contributed by atoms with Crippen LogP contribution in [0.15, 0.2) is 71.4 Å². The molecule has 0 N–H and O–H groups in total. The van der Waals surface area contributed by atoms with E-state index in [0.29, 0.717) is 35.3 Å². The maximum atomic E-state index is 12.4. The van der Waals surface area contributed by atoms with E-state index in [0.717, 1.165) is 14.7 Å². The number of rotatable bonds is 7. The fourth-order valence-corrected chi connectivity index (χ4v) is 4.31. The van der Waals surface area contributed by atoms with E-state index in [4.69, 9.17) is 25.8 Å². The first-order valence-electron chi connectivity index (χ1n) is 10.4. The predicted molar refractivity (Wildman–Crippen MR) is 138 cm³/mol. The van der Waals surface area contributed by atoms with Gasteiger partial charge in [-0.15, -0.1) is 0 Å². The van der Waals surface area contributed by atoms with Crippen LogP contribution in [0.25, 0.3) is 6.08 Å². The van der Waals surface area contributed by atoms with Gasteiger partial charge in [-0.2, -0.15) is 0 Å². The largest absolute Gasteiger partial charge is 0.490 e. The highest BCUT2D eigenvalue weighted by molar-refractivity contribution is 14.1. The first-order valence-corrected chi connectivity index (χ1v) is 11.8. The van der Waals surface area contributed by atoms with Gasteiger partial charge in [-0.25, -0.2) is 9.79 Å². The van der Waals surface area contributed by atoms with E-state index < -0.39 is 5.97 Å².